The molecule has 0 atom stereocenters. The number of hydrogen-bond acceptors (Lipinski definition) is 2. The monoisotopic (exact) mass is 293 g/mol. The van der Waals surface area contributed by atoms with Crippen LogP contribution in [0.1, 0.15) is 25.0 Å². The first-order valence-electron chi connectivity index (χ1n) is 7.33. The Morgan fingerprint density at radius 3 is 2.82 bits per heavy atom. The van der Waals surface area contributed by atoms with Gasteiger partial charge in [0, 0.05) is 36.0 Å². The number of aromatic amines is 1. The van der Waals surface area contributed by atoms with Gasteiger partial charge in [0.15, 0.2) is 0 Å². The van der Waals surface area contributed by atoms with Gasteiger partial charge in [0.2, 0.25) is 5.91 Å². The minimum Gasteiger partial charge on any atom is -0.361 e. The van der Waals surface area contributed by atoms with Crippen LogP contribution in [-0.4, -0.2) is 15.9 Å². The van der Waals surface area contributed by atoms with Gasteiger partial charge in [-0.15, -0.1) is 0 Å². The van der Waals surface area contributed by atoms with Crippen LogP contribution in [0, 0.1) is 0 Å². The summed E-state index contributed by atoms with van der Waals surface area (Å²) in [6, 6.07) is 11.8. The maximum atomic E-state index is 12.6. The standard InChI is InChI=1S/C18H19N3O/c1-18(2,15-12-20-16-8-4-3-7-14(15)16)17(22)21-11-13-6-5-9-19-10-13/h3-10,12,20H,11H2,1-2H3,(H,21,22). The molecule has 2 N–H and O–H groups in total. The molecule has 1 aromatic carbocycles. The van der Waals surface area contributed by atoms with Crippen molar-refractivity contribution in [1.29, 1.82) is 0 Å². The smallest absolute Gasteiger partial charge is 0.230 e. The van der Waals surface area contributed by atoms with Gasteiger partial charge in [0.1, 0.15) is 0 Å². The van der Waals surface area contributed by atoms with E-state index < -0.39 is 5.41 Å². The highest BCUT2D eigenvalue weighted by atomic mass is 16.2. The van der Waals surface area contributed by atoms with Crippen LogP contribution in [0.25, 0.3) is 10.9 Å². The molecular formula is C18H19N3O. The highest BCUT2D eigenvalue weighted by Gasteiger charge is 2.31. The lowest BCUT2D eigenvalue weighted by molar-refractivity contribution is -0.125. The Labute approximate surface area is 129 Å². The summed E-state index contributed by atoms with van der Waals surface area (Å²) in [5.41, 5.74) is 2.44. The Morgan fingerprint density at radius 1 is 1.23 bits per heavy atom. The average molecular weight is 293 g/mol. The number of aromatic nitrogens is 2. The number of H-pyrrole nitrogens is 1. The Morgan fingerprint density at radius 2 is 2.05 bits per heavy atom. The molecule has 22 heavy (non-hydrogen) atoms. The topological polar surface area (TPSA) is 57.8 Å². The zero-order valence-electron chi connectivity index (χ0n) is 12.8. The fraction of sp³-hybridized carbons (Fsp3) is 0.222. The molecule has 0 bridgehead atoms. The number of carbonyl (C=O) groups excluding carboxylic acids is 1. The number of para-hydroxylation sites is 1. The molecule has 2 heterocycles. The molecule has 2 aromatic heterocycles. The number of amides is 1. The molecule has 0 saturated heterocycles. The molecule has 0 radical (unpaired) electrons. The molecule has 4 nitrogen and oxygen atoms in total. The lowest BCUT2D eigenvalue weighted by Crippen LogP contribution is -2.39. The molecule has 0 spiro atoms. The first-order valence-corrected chi connectivity index (χ1v) is 7.33. The molecule has 0 aliphatic carbocycles. The van der Waals surface area contributed by atoms with Crippen molar-refractivity contribution in [2.45, 2.75) is 25.8 Å². The van der Waals surface area contributed by atoms with Crippen LogP contribution in [0.4, 0.5) is 0 Å². The summed E-state index contributed by atoms with van der Waals surface area (Å²) in [5.74, 6) is 0.00102. The minimum absolute atomic E-state index is 0.00102. The largest absolute Gasteiger partial charge is 0.361 e. The first-order chi connectivity index (χ1) is 10.6. The summed E-state index contributed by atoms with van der Waals surface area (Å²) in [5, 5.41) is 4.09. The van der Waals surface area contributed by atoms with E-state index in [-0.39, 0.29) is 5.91 Å². The first kappa shape index (κ1) is 14.3. The predicted molar refractivity (Wildman–Crippen MR) is 87.4 cm³/mol. The van der Waals surface area contributed by atoms with E-state index in [0.717, 1.165) is 22.0 Å². The van der Waals surface area contributed by atoms with Crippen molar-refractivity contribution in [1.82, 2.24) is 15.3 Å². The summed E-state index contributed by atoms with van der Waals surface area (Å²) >= 11 is 0. The molecule has 3 aromatic rings. The van der Waals surface area contributed by atoms with Crippen LogP contribution < -0.4 is 5.32 Å². The molecule has 3 rings (SSSR count). The zero-order chi connectivity index (χ0) is 15.6. The van der Waals surface area contributed by atoms with Gasteiger partial charge >= 0.3 is 0 Å². The van der Waals surface area contributed by atoms with Gasteiger partial charge in [-0.3, -0.25) is 9.78 Å². The van der Waals surface area contributed by atoms with E-state index in [1.807, 2.05) is 56.4 Å². The quantitative estimate of drug-likeness (QED) is 0.776. The van der Waals surface area contributed by atoms with Crippen molar-refractivity contribution in [3.05, 3.63) is 66.1 Å². The third-order valence-corrected chi connectivity index (χ3v) is 4.01. The summed E-state index contributed by atoms with van der Waals surface area (Å²) in [4.78, 5) is 19.9. The number of benzene rings is 1. The Bertz CT molecular complexity index is 790. The molecule has 1 amide bonds. The lowest BCUT2D eigenvalue weighted by Gasteiger charge is -2.23. The number of fused-ring (bicyclic) bond motifs is 1. The van der Waals surface area contributed by atoms with Crippen molar-refractivity contribution in [3.8, 4) is 0 Å². The highest BCUT2D eigenvalue weighted by molar-refractivity contribution is 5.94. The van der Waals surface area contributed by atoms with E-state index in [4.69, 9.17) is 0 Å². The van der Waals surface area contributed by atoms with Crippen LogP contribution in [0.15, 0.2) is 55.0 Å². The molecule has 0 aliphatic heterocycles. The van der Waals surface area contributed by atoms with Crippen LogP contribution in [0.2, 0.25) is 0 Å². The second-order valence-corrected chi connectivity index (χ2v) is 5.92. The highest BCUT2D eigenvalue weighted by Crippen LogP contribution is 2.30. The number of hydrogen-bond donors (Lipinski definition) is 2. The van der Waals surface area contributed by atoms with E-state index in [9.17, 15) is 4.79 Å². The second kappa shape index (κ2) is 5.64. The fourth-order valence-electron chi connectivity index (χ4n) is 2.62. The van der Waals surface area contributed by atoms with Gasteiger partial charge in [0.05, 0.1) is 5.41 Å². The van der Waals surface area contributed by atoms with E-state index in [0.29, 0.717) is 6.54 Å². The summed E-state index contributed by atoms with van der Waals surface area (Å²) in [6.45, 7) is 4.38. The van der Waals surface area contributed by atoms with Gasteiger partial charge in [-0.2, -0.15) is 0 Å². The van der Waals surface area contributed by atoms with E-state index in [2.05, 4.69) is 15.3 Å². The molecule has 0 saturated carbocycles. The van der Waals surface area contributed by atoms with E-state index in [1.54, 1.807) is 12.4 Å². The molecular weight excluding hydrogens is 274 g/mol. The van der Waals surface area contributed by atoms with Gasteiger partial charge in [0.25, 0.3) is 0 Å². The second-order valence-electron chi connectivity index (χ2n) is 5.92. The number of carbonyl (C=O) groups is 1. The third-order valence-electron chi connectivity index (χ3n) is 4.01. The van der Waals surface area contributed by atoms with Gasteiger partial charge < -0.3 is 10.3 Å². The fourth-order valence-corrected chi connectivity index (χ4v) is 2.62. The number of nitrogens with one attached hydrogen (secondary N) is 2. The zero-order valence-corrected chi connectivity index (χ0v) is 12.8. The number of nitrogens with zero attached hydrogens (tertiary/aromatic N) is 1. The van der Waals surface area contributed by atoms with Crippen molar-refractivity contribution in [2.75, 3.05) is 0 Å². The van der Waals surface area contributed by atoms with Crippen LogP contribution in [-0.2, 0) is 16.8 Å². The lowest BCUT2D eigenvalue weighted by atomic mass is 9.83. The Balaban J connectivity index is 1.81. The SMILES string of the molecule is CC(C)(C(=O)NCc1cccnc1)c1c[nH]c2ccccc12. The Kier molecular flexibility index (Phi) is 3.67. The molecule has 4 heteroatoms. The minimum atomic E-state index is -0.609. The maximum Gasteiger partial charge on any atom is 0.230 e. The third kappa shape index (κ3) is 2.60. The number of pyridine rings is 1. The van der Waals surface area contributed by atoms with E-state index in [1.165, 1.54) is 0 Å². The van der Waals surface area contributed by atoms with Crippen molar-refractivity contribution < 1.29 is 4.79 Å². The molecule has 112 valence electrons. The van der Waals surface area contributed by atoms with Crippen molar-refractivity contribution in [3.63, 3.8) is 0 Å². The summed E-state index contributed by atoms with van der Waals surface area (Å²) in [7, 11) is 0. The van der Waals surface area contributed by atoms with Gasteiger partial charge in [-0.1, -0.05) is 24.3 Å². The van der Waals surface area contributed by atoms with Gasteiger partial charge in [-0.25, -0.2) is 0 Å². The average Bonchev–Trinajstić information content (AvgIpc) is 2.98. The van der Waals surface area contributed by atoms with Gasteiger partial charge in [-0.05, 0) is 37.1 Å². The van der Waals surface area contributed by atoms with Crippen LogP contribution >= 0.6 is 0 Å². The summed E-state index contributed by atoms with van der Waals surface area (Å²) < 4.78 is 0. The molecule has 0 unspecified atom stereocenters. The van der Waals surface area contributed by atoms with E-state index >= 15 is 0 Å². The van der Waals surface area contributed by atoms with Crippen molar-refractivity contribution in [2.24, 2.45) is 0 Å². The van der Waals surface area contributed by atoms with Crippen LogP contribution in [0.5, 0.6) is 0 Å². The maximum absolute atomic E-state index is 12.6. The Hall–Kier alpha value is -2.62. The number of rotatable bonds is 4. The molecule has 0 aliphatic rings. The predicted octanol–water partition coefficient (Wildman–Crippen LogP) is 3.16. The summed E-state index contributed by atoms with van der Waals surface area (Å²) in [6.07, 6.45) is 5.41. The van der Waals surface area contributed by atoms with Crippen LogP contribution in [0.3, 0.4) is 0 Å². The van der Waals surface area contributed by atoms with Crippen molar-refractivity contribution >= 4 is 16.8 Å². The normalized spacial score (nSPS) is 11.5. The molecule has 0 fully saturated rings.